The zero-order chi connectivity index (χ0) is 7.28. The third-order valence-electron chi connectivity index (χ3n) is 0.675. The van der Waals surface area contributed by atoms with Crippen molar-refractivity contribution in [2.75, 3.05) is 6.61 Å². The first-order valence-electron chi connectivity index (χ1n) is 2.27. The highest BCUT2D eigenvalue weighted by Gasteiger charge is 2.05. The number of carbonyl (C=O) groups excluding carboxylic acids is 2. The highest BCUT2D eigenvalue weighted by molar-refractivity contribution is 7.78. The standard InChI is InChI=1S/C5H6O3S/c1-4(6)5(7)2-8-3-9/h3H,2H2,1H3. The van der Waals surface area contributed by atoms with Gasteiger partial charge in [0.25, 0.3) is 0 Å². The van der Waals surface area contributed by atoms with Crippen molar-refractivity contribution in [3.05, 3.63) is 0 Å². The zero-order valence-electron chi connectivity index (χ0n) is 4.92. The lowest BCUT2D eigenvalue weighted by molar-refractivity contribution is -0.136. The van der Waals surface area contributed by atoms with Crippen molar-refractivity contribution in [1.82, 2.24) is 0 Å². The molecule has 9 heavy (non-hydrogen) atoms. The predicted octanol–water partition coefficient (Wildman–Crippen LogP) is 0.118. The molecule has 0 rings (SSSR count). The molecule has 0 aromatic carbocycles. The number of rotatable bonds is 4. The smallest absolute Gasteiger partial charge is 0.235 e. The number of ketones is 2. The van der Waals surface area contributed by atoms with E-state index in [0.717, 1.165) is 5.55 Å². The number of Topliss-reactive ketones (excluding diaryl/α,β-unsaturated/α-hetero) is 2. The van der Waals surface area contributed by atoms with Crippen LogP contribution in [0.5, 0.6) is 0 Å². The Labute approximate surface area is 58.0 Å². The summed E-state index contributed by atoms with van der Waals surface area (Å²) in [7, 11) is 0. The molecule has 0 aliphatic heterocycles. The van der Waals surface area contributed by atoms with Crippen molar-refractivity contribution in [2.45, 2.75) is 6.92 Å². The monoisotopic (exact) mass is 146 g/mol. The van der Waals surface area contributed by atoms with Gasteiger partial charge in [-0.1, -0.05) is 0 Å². The number of thiocarbonyl (C=S) groups is 1. The Kier molecular flexibility index (Phi) is 3.79. The minimum atomic E-state index is -0.559. The Bertz CT molecular complexity index is 141. The van der Waals surface area contributed by atoms with Crippen LogP contribution in [-0.4, -0.2) is 23.7 Å². The lowest BCUT2D eigenvalue weighted by Gasteiger charge is -1.92. The molecule has 0 spiro atoms. The normalized spacial score (nSPS) is 8.11. The maximum Gasteiger partial charge on any atom is 0.235 e. The van der Waals surface area contributed by atoms with Gasteiger partial charge in [0.2, 0.25) is 5.78 Å². The minimum Gasteiger partial charge on any atom is -0.482 e. The van der Waals surface area contributed by atoms with Gasteiger partial charge in [0.1, 0.15) is 5.55 Å². The molecule has 0 aliphatic rings. The van der Waals surface area contributed by atoms with E-state index in [4.69, 9.17) is 0 Å². The van der Waals surface area contributed by atoms with Gasteiger partial charge in [-0.15, -0.1) is 0 Å². The summed E-state index contributed by atoms with van der Waals surface area (Å²) in [6, 6.07) is 0. The Balaban J connectivity index is 3.51. The third-order valence-corrected chi connectivity index (χ3v) is 0.811. The van der Waals surface area contributed by atoms with Crippen molar-refractivity contribution >= 4 is 29.3 Å². The number of hydrogen-bond donors (Lipinski definition) is 0. The van der Waals surface area contributed by atoms with Crippen LogP contribution in [0.25, 0.3) is 0 Å². The minimum absolute atomic E-state index is 0.237. The van der Waals surface area contributed by atoms with E-state index < -0.39 is 11.6 Å². The van der Waals surface area contributed by atoms with Gasteiger partial charge in [0, 0.05) is 6.92 Å². The Hall–Kier alpha value is -0.770. The van der Waals surface area contributed by atoms with Gasteiger partial charge in [-0.3, -0.25) is 9.59 Å². The summed E-state index contributed by atoms with van der Waals surface area (Å²) < 4.78 is 4.38. The van der Waals surface area contributed by atoms with Crippen molar-refractivity contribution in [2.24, 2.45) is 0 Å². The van der Waals surface area contributed by atoms with Gasteiger partial charge < -0.3 is 4.74 Å². The molecule has 0 atom stereocenters. The van der Waals surface area contributed by atoms with Crippen LogP contribution in [0.2, 0.25) is 0 Å². The summed E-state index contributed by atoms with van der Waals surface area (Å²) in [5, 5.41) is 0. The van der Waals surface area contributed by atoms with Gasteiger partial charge in [-0.2, -0.15) is 0 Å². The molecule has 0 N–H and O–H groups in total. The largest absolute Gasteiger partial charge is 0.482 e. The van der Waals surface area contributed by atoms with Gasteiger partial charge >= 0.3 is 0 Å². The molecule has 0 fully saturated rings. The van der Waals surface area contributed by atoms with E-state index in [-0.39, 0.29) is 6.61 Å². The predicted molar refractivity (Wildman–Crippen MR) is 35.3 cm³/mol. The van der Waals surface area contributed by atoms with Crippen LogP contribution < -0.4 is 0 Å². The third kappa shape index (κ3) is 3.78. The van der Waals surface area contributed by atoms with Crippen LogP contribution in [0, 0.1) is 0 Å². The second kappa shape index (κ2) is 4.14. The summed E-state index contributed by atoms with van der Waals surface area (Å²) >= 11 is 4.25. The SMILES string of the molecule is CC(=O)C(=O)COC=S. The maximum atomic E-state index is 10.4. The topological polar surface area (TPSA) is 43.4 Å². The number of ether oxygens (including phenoxy) is 1. The van der Waals surface area contributed by atoms with Gasteiger partial charge in [-0.25, -0.2) is 0 Å². The fourth-order valence-electron chi connectivity index (χ4n) is 0.211. The summed E-state index contributed by atoms with van der Waals surface area (Å²) in [6.07, 6.45) is 0. The average Bonchev–Trinajstić information content (AvgIpc) is 1.82. The van der Waals surface area contributed by atoms with E-state index in [2.05, 4.69) is 17.0 Å². The van der Waals surface area contributed by atoms with Crippen molar-refractivity contribution in [3.63, 3.8) is 0 Å². The van der Waals surface area contributed by atoms with Gasteiger partial charge in [-0.05, 0) is 12.2 Å². The molecule has 0 unspecified atom stereocenters. The molecule has 3 nitrogen and oxygen atoms in total. The van der Waals surface area contributed by atoms with E-state index in [9.17, 15) is 9.59 Å². The first-order chi connectivity index (χ1) is 4.18. The summed E-state index contributed by atoms with van der Waals surface area (Å²) in [5.41, 5.74) is 0.959. The summed E-state index contributed by atoms with van der Waals surface area (Å²) in [5.74, 6) is -1.07. The molecular formula is C5H6O3S. The lowest BCUT2D eigenvalue weighted by Crippen LogP contribution is -2.15. The molecule has 50 valence electrons. The van der Waals surface area contributed by atoms with E-state index >= 15 is 0 Å². The second-order valence-electron chi connectivity index (χ2n) is 1.39. The second-order valence-corrected chi connectivity index (χ2v) is 1.58. The first-order valence-corrected chi connectivity index (χ1v) is 2.74. The van der Waals surface area contributed by atoms with E-state index in [1.165, 1.54) is 6.92 Å². The van der Waals surface area contributed by atoms with Crippen molar-refractivity contribution < 1.29 is 14.3 Å². The highest BCUT2D eigenvalue weighted by Crippen LogP contribution is 1.76. The molecule has 0 saturated heterocycles. The van der Waals surface area contributed by atoms with Crippen LogP contribution in [0.15, 0.2) is 0 Å². The van der Waals surface area contributed by atoms with Gasteiger partial charge in [0.05, 0.1) is 0 Å². The van der Waals surface area contributed by atoms with E-state index in [1.807, 2.05) is 0 Å². The molecule has 0 saturated carbocycles. The molecule has 0 radical (unpaired) electrons. The number of carbonyl (C=O) groups is 2. The van der Waals surface area contributed by atoms with Gasteiger partial charge in [0.15, 0.2) is 12.4 Å². The lowest BCUT2D eigenvalue weighted by atomic mass is 10.3. The number of hydrogen-bond acceptors (Lipinski definition) is 4. The van der Waals surface area contributed by atoms with Crippen LogP contribution in [0.1, 0.15) is 6.92 Å². The highest BCUT2D eigenvalue weighted by atomic mass is 32.1. The molecule has 0 amide bonds. The zero-order valence-corrected chi connectivity index (χ0v) is 5.73. The Morgan fingerprint density at radius 2 is 2.22 bits per heavy atom. The fraction of sp³-hybridized carbons (Fsp3) is 0.400. The van der Waals surface area contributed by atoms with Crippen molar-refractivity contribution in [3.8, 4) is 0 Å². The van der Waals surface area contributed by atoms with Crippen molar-refractivity contribution in [1.29, 1.82) is 0 Å². The van der Waals surface area contributed by atoms with Crippen LogP contribution >= 0.6 is 12.2 Å². The first kappa shape index (κ1) is 8.23. The van der Waals surface area contributed by atoms with Crippen LogP contribution in [0.4, 0.5) is 0 Å². The van der Waals surface area contributed by atoms with Crippen LogP contribution in [0.3, 0.4) is 0 Å². The Morgan fingerprint density at radius 3 is 2.56 bits per heavy atom. The Morgan fingerprint density at radius 1 is 1.67 bits per heavy atom. The van der Waals surface area contributed by atoms with Crippen LogP contribution in [-0.2, 0) is 14.3 Å². The molecule has 0 aromatic heterocycles. The molecule has 0 aromatic rings. The average molecular weight is 146 g/mol. The summed E-state index contributed by atoms with van der Waals surface area (Å²) in [4.78, 5) is 20.5. The maximum absolute atomic E-state index is 10.4. The molecule has 0 heterocycles. The van der Waals surface area contributed by atoms with E-state index in [1.54, 1.807) is 0 Å². The quantitative estimate of drug-likeness (QED) is 0.417. The molecule has 0 bridgehead atoms. The fourth-order valence-corrected chi connectivity index (χ4v) is 0.279. The molecule has 0 aliphatic carbocycles. The molecule has 4 heteroatoms. The molecular weight excluding hydrogens is 140 g/mol. The van der Waals surface area contributed by atoms with E-state index in [0.29, 0.717) is 0 Å². The summed E-state index contributed by atoms with van der Waals surface area (Å²) in [6.45, 7) is 0.952.